The Hall–Kier alpha value is -2.37. The molecule has 1 unspecified atom stereocenters. The maximum atomic E-state index is 12.3. The number of benzene rings is 1. The number of fused-ring (bicyclic) bond motifs is 1. The summed E-state index contributed by atoms with van der Waals surface area (Å²) in [7, 11) is 0. The summed E-state index contributed by atoms with van der Waals surface area (Å²) in [5.41, 5.74) is 2.40. The maximum Gasteiger partial charge on any atom is 0.407 e. The van der Waals surface area contributed by atoms with Crippen molar-refractivity contribution in [1.29, 1.82) is 0 Å². The summed E-state index contributed by atoms with van der Waals surface area (Å²) in [6.45, 7) is 0.423. The molecule has 6 nitrogen and oxygen atoms in total. The van der Waals surface area contributed by atoms with Crippen molar-refractivity contribution in [1.82, 2.24) is 5.32 Å². The van der Waals surface area contributed by atoms with Crippen LogP contribution < -0.4 is 5.32 Å². The molecule has 1 saturated carbocycles. The molecule has 6 heteroatoms. The van der Waals surface area contributed by atoms with E-state index >= 15 is 0 Å². The van der Waals surface area contributed by atoms with Crippen LogP contribution in [0.25, 0.3) is 0 Å². The summed E-state index contributed by atoms with van der Waals surface area (Å²) < 4.78 is 5.06. The number of alkyl carbamates (subject to hydrolysis) is 1. The highest BCUT2D eigenvalue weighted by Crippen LogP contribution is 2.43. The Labute approximate surface area is 139 Å². The van der Waals surface area contributed by atoms with E-state index in [1.54, 1.807) is 6.07 Å². The molecule has 1 aromatic carbocycles. The monoisotopic (exact) mass is 329 g/mol. The second kappa shape index (κ2) is 5.33. The predicted molar refractivity (Wildman–Crippen MR) is 84.0 cm³/mol. The largest absolute Gasteiger partial charge is 0.481 e. The molecule has 0 aromatic heterocycles. The van der Waals surface area contributed by atoms with Crippen LogP contribution in [0.4, 0.5) is 4.79 Å². The molecule has 1 aliphatic heterocycles. The number of hydrogen-bond donors (Lipinski definition) is 2. The van der Waals surface area contributed by atoms with Crippen molar-refractivity contribution >= 4 is 17.8 Å². The van der Waals surface area contributed by atoms with Crippen LogP contribution in [0.5, 0.6) is 0 Å². The van der Waals surface area contributed by atoms with Crippen LogP contribution in [-0.2, 0) is 16.0 Å². The molecule has 0 bridgehead atoms. The third kappa shape index (κ3) is 2.37. The molecule has 1 heterocycles. The van der Waals surface area contributed by atoms with Gasteiger partial charge in [-0.2, -0.15) is 0 Å². The fraction of sp³-hybridized carbons (Fsp3) is 0.500. The maximum absolute atomic E-state index is 12.3. The van der Waals surface area contributed by atoms with Gasteiger partial charge in [-0.3, -0.25) is 9.59 Å². The zero-order chi connectivity index (χ0) is 16.9. The number of Topliss-reactive ketones (excluding diaryl/α,β-unsaturated/α-hetero) is 1. The minimum absolute atomic E-state index is 0.248. The molecule has 1 aromatic rings. The van der Waals surface area contributed by atoms with Gasteiger partial charge in [-0.15, -0.1) is 0 Å². The highest BCUT2D eigenvalue weighted by Gasteiger charge is 2.46. The van der Waals surface area contributed by atoms with Gasteiger partial charge in [0.25, 0.3) is 0 Å². The number of aryl methyl sites for hydroxylation is 1. The van der Waals surface area contributed by atoms with E-state index in [4.69, 9.17) is 9.84 Å². The van der Waals surface area contributed by atoms with Crippen molar-refractivity contribution in [3.63, 3.8) is 0 Å². The van der Waals surface area contributed by atoms with Crippen molar-refractivity contribution in [2.24, 2.45) is 5.92 Å². The molecular weight excluding hydrogens is 310 g/mol. The van der Waals surface area contributed by atoms with Crippen LogP contribution in [0.3, 0.4) is 0 Å². The van der Waals surface area contributed by atoms with Gasteiger partial charge in [0.05, 0.1) is 5.54 Å². The van der Waals surface area contributed by atoms with Crippen LogP contribution in [-0.4, -0.2) is 35.1 Å². The molecule has 3 aliphatic rings. The Morgan fingerprint density at radius 1 is 1.29 bits per heavy atom. The van der Waals surface area contributed by atoms with Crippen molar-refractivity contribution < 1.29 is 24.2 Å². The Morgan fingerprint density at radius 3 is 2.83 bits per heavy atom. The van der Waals surface area contributed by atoms with Gasteiger partial charge >= 0.3 is 12.1 Å². The number of nitrogens with one attached hydrogen (secondary N) is 1. The van der Waals surface area contributed by atoms with Gasteiger partial charge < -0.3 is 15.2 Å². The zero-order valence-electron chi connectivity index (χ0n) is 13.2. The van der Waals surface area contributed by atoms with E-state index in [0.29, 0.717) is 30.9 Å². The van der Waals surface area contributed by atoms with Gasteiger partial charge in [0.1, 0.15) is 12.5 Å². The third-order valence-corrected chi connectivity index (χ3v) is 5.64. The molecule has 0 radical (unpaired) electrons. The fourth-order valence-corrected chi connectivity index (χ4v) is 4.32. The topological polar surface area (TPSA) is 92.7 Å². The Balaban J connectivity index is 1.56. The fourth-order valence-electron chi connectivity index (χ4n) is 4.32. The standard InChI is InChI=1S/C18H19NO5/c20-15-13-3-1-10(7-11(13)2-4-14(15)16(21)22)12-5-6-18(8-12)9-24-17(23)19-18/h1,3,7,12,14H,2,4-6,8-9H2,(H,19,23)(H,21,22)/t12-,14?,18+/m0/s1. The molecule has 2 aliphatic carbocycles. The van der Waals surface area contributed by atoms with E-state index in [1.165, 1.54) is 0 Å². The zero-order valence-corrected chi connectivity index (χ0v) is 13.2. The molecule has 4 rings (SSSR count). The average molecular weight is 329 g/mol. The minimum Gasteiger partial charge on any atom is -0.481 e. The first-order chi connectivity index (χ1) is 11.5. The number of hydrogen-bond acceptors (Lipinski definition) is 4. The van der Waals surface area contributed by atoms with E-state index in [9.17, 15) is 14.4 Å². The predicted octanol–water partition coefficient (Wildman–Crippen LogP) is 2.26. The third-order valence-electron chi connectivity index (χ3n) is 5.64. The SMILES string of the molecule is O=C1N[C@@]2(CC[C@H](c3ccc4c(c3)CCC(C(=O)O)C4=O)C2)CO1. The molecule has 3 atom stereocenters. The van der Waals surface area contributed by atoms with E-state index in [1.807, 2.05) is 12.1 Å². The smallest absolute Gasteiger partial charge is 0.407 e. The lowest BCUT2D eigenvalue weighted by Gasteiger charge is -2.23. The normalized spacial score (nSPS) is 31.7. The first-order valence-corrected chi connectivity index (χ1v) is 8.32. The quantitative estimate of drug-likeness (QED) is 0.812. The first-order valence-electron chi connectivity index (χ1n) is 8.32. The Bertz CT molecular complexity index is 743. The van der Waals surface area contributed by atoms with Crippen molar-refractivity contribution in [2.45, 2.75) is 43.6 Å². The molecule has 1 spiro atoms. The summed E-state index contributed by atoms with van der Waals surface area (Å²) in [4.78, 5) is 34.8. The lowest BCUT2D eigenvalue weighted by molar-refractivity contribution is -0.140. The number of carboxylic acids is 1. The second-order valence-electron chi connectivity index (χ2n) is 7.13. The van der Waals surface area contributed by atoms with Crippen molar-refractivity contribution in [3.05, 3.63) is 34.9 Å². The van der Waals surface area contributed by atoms with Gasteiger partial charge in [0.2, 0.25) is 0 Å². The number of carboxylic acid groups (broad SMARTS) is 1. The number of carbonyl (C=O) groups excluding carboxylic acids is 2. The Morgan fingerprint density at radius 2 is 2.12 bits per heavy atom. The number of carbonyl (C=O) groups is 3. The summed E-state index contributed by atoms with van der Waals surface area (Å²) >= 11 is 0. The van der Waals surface area contributed by atoms with E-state index < -0.39 is 11.9 Å². The van der Waals surface area contributed by atoms with Gasteiger partial charge in [-0.05, 0) is 49.1 Å². The van der Waals surface area contributed by atoms with E-state index in [0.717, 1.165) is 30.4 Å². The van der Waals surface area contributed by atoms with Gasteiger partial charge in [0, 0.05) is 5.56 Å². The van der Waals surface area contributed by atoms with Crippen molar-refractivity contribution in [3.8, 4) is 0 Å². The number of ketones is 1. The summed E-state index contributed by atoms with van der Waals surface area (Å²) in [6, 6.07) is 5.76. The van der Waals surface area contributed by atoms with E-state index in [-0.39, 0.29) is 17.4 Å². The number of ether oxygens (including phenoxy) is 1. The second-order valence-corrected chi connectivity index (χ2v) is 7.13. The van der Waals surface area contributed by atoms with E-state index in [2.05, 4.69) is 5.32 Å². The lowest BCUT2D eigenvalue weighted by Crippen LogP contribution is -2.40. The highest BCUT2D eigenvalue weighted by atomic mass is 16.6. The first kappa shape index (κ1) is 15.2. The lowest BCUT2D eigenvalue weighted by atomic mass is 9.80. The van der Waals surface area contributed by atoms with Crippen LogP contribution >= 0.6 is 0 Å². The number of cyclic esters (lactones) is 1. The van der Waals surface area contributed by atoms with Gasteiger partial charge in [-0.1, -0.05) is 18.2 Å². The summed E-state index contributed by atoms with van der Waals surface area (Å²) in [5.74, 6) is -1.91. The van der Waals surface area contributed by atoms with Crippen LogP contribution in [0.1, 0.15) is 53.1 Å². The number of amides is 1. The van der Waals surface area contributed by atoms with Crippen LogP contribution in [0, 0.1) is 5.92 Å². The summed E-state index contributed by atoms with van der Waals surface area (Å²) in [6.07, 6.45) is 3.33. The van der Waals surface area contributed by atoms with Crippen LogP contribution in [0.2, 0.25) is 0 Å². The molecule has 2 fully saturated rings. The molecule has 24 heavy (non-hydrogen) atoms. The molecule has 2 N–H and O–H groups in total. The molecular formula is C18H19NO5. The molecule has 1 saturated heterocycles. The molecule has 1 amide bonds. The molecule has 126 valence electrons. The van der Waals surface area contributed by atoms with Crippen molar-refractivity contribution in [2.75, 3.05) is 6.61 Å². The van der Waals surface area contributed by atoms with Crippen LogP contribution in [0.15, 0.2) is 18.2 Å². The number of aliphatic carboxylic acids is 1. The van der Waals surface area contributed by atoms with Gasteiger partial charge in [0.15, 0.2) is 5.78 Å². The highest BCUT2D eigenvalue weighted by molar-refractivity contribution is 6.09. The minimum atomic E-state index is -1.04. The Kier molecular flexibility index (Phi) is 3.37. The number of rotatable bonds is 2. The average Bonchev–Trinajstić information content (AvgIpc) is 3.13. The summed E-state index contributed by atoms with van der Waals surface area (Å²) in [5, 5.41) is 12.1. The van der Waals surface area contributed by atoms with Gasteiger partial charge in [-0.25, -0.2) is 4.79 Å².